The van der Waals surface area contributed by atoms with Crippen LogP contribution in [-0.2, 0) is 13.0 Å². The maximum absolute atomic E-state index is 4.50. The Labute approximate surface area is 125 Å². The molecule has 0 fully saturated rings. The molecule has 21 heavy (non-hydrogen) atoms. The van der Waals surface area contributed by atoms with E-state index >= 15 is 0 Å². The van der Waals surface area contributed by atoms with Gasteiger partial charge in [-0.3, -0.25) is 0 Å². The first-order chi connectivity index (χ1) is 10.1. The number of rotatable bonds is 7. The monoisotopic (exact) mass is 289 g/mol. The number of nitrogens with zero attached hydrogens (tertiary/aromatic N) is 6. The molecule has 2 aromatic rings. The van der Waals surface area contributed by atoms with E-state index in [1.165, 1.54) is 0 Å². The molecule has 0 amide bonds. The van der Waals surface area contributed by atoms with Crippen LogP contribution in [0.3, 0.4) is 0 Å². The Morgan fingerprint density at radius 1 is 1.19 bits per heavy atom. The summed E-state index contributed by atoms with van der Waals surface area (Å²) in [5, 5.41) is 3.15. The minimum Gasteiger partial charge on any atom is -0.354 e. The van der Waals surface area contributed by atoms with E-state index in [0.29, 0.717) is 18.3 Å². The second-order valence-corrected chi connectivity index (χ2v) is 5.01. The Morgan fingerprint density at radius 2 is 2.00 bits per heavy atom. The Kier molecular flexibility index (Phi) is 5.08. The summed E-state index contributed by atoms with van der Waals surface area (Å²) in [7, 11) is 3.85. The molecule has 0 saturated carbocycles. The zero-order chi connectivity index (χ0) is 15.2. The summed E-state index contributed by atoms with van der Waals surface area (Å²) in [6.45, 7) is 5.91. The molecule has 0 aliphatic heterocycles. The average Bonchev–Trinajstić information content (AvgIpc) is 2.86. The maximum atomic E-state index is 4.50. The van der Waals surface area contributed by atoms with Gasteiger partial charge in [-0.05, 0) is 13.3 Å². The summed E-state index contributed by atoms with van der Waals surface area (Å²) in [4.78, 5) is 19.6. The van der Waals surface area contributed by atoms with Gasteiger partial charge in [-0.1, -0.05) is 6.92 Å². The van der Waals surface area contributed by atoms with E-state index in [1.807, 2.05) is 38.3 Å². The topological polar surface area (TPSA) is 71.8 Å². The first-order valence-corrected chi connectivity index (χ1v) is 7.30. The molecule has 2 heterocycles. The van der Waals surface area contributed by atoms with Gasteiger partial charge in [0.05, 0.1) is 6.42 Å². The largest absolute Gasteiger partial charge is 0.354 e. The second-order valence-electron chi connectivity index (χ2n) is 5.01. The number of aryl methyl sites for hydroxylation is 1. The van der Waals surface area contributed by atoms with Gasteiger partial charge in [0.1, 0.15) is 11.6 Å². The highest BCUT2D eigenvalue weighted by atomic mass is 15.3. The van der Waals surface area contributed by atoms with Crippen molar-refractivity contribution >= 4 is 11.9 Å². The molecule has 7 nitrogen and oxygen atoms in total. The number of anilines is 2. The van der Waals surface area contributed by atoms with Crippen LogP contribution in [0.4, 0.5) is 11.9 Å². The summed E-state index contributed by atoms with van der Waals surface area (Å²) in [5.41, 5.74) is 0. The van der Waals surface area contributed by atoms with E-state index in [1.54, 1.807) is 0 Å². The van der Waals surface area contributed by atoms with Gasteiger partial charge >= 0.3 is 0 Å². The first-order valence-electron chi connectivity index (χ1n) is 7.30. The van der Waals surface area contributed by atoms with Gasteiger partial charge in [-0.25, -0.2) is 4.98 Å². The van der Waals surface area contributed by atoms with Crippen molar-refractivity contribution in [1.82, 2.24) is 24.5 Å². The number of imidazole rings is 1. The fraction of sp³-hybridized carbons (Fsp3) is 0.571. The molecule has 0 atom stereocenters. The Morgan fingerprint density at radius 3 is 2.67 bits per heavy atom. The smallest absolute Gasteiger partial charge is 0.229 e. The van der Waals surface area contributed by atoms with Crippen molar-refractivity contribution in [2.24, 2.45) is 0 Å². The third-order valence-corrected chi connectivity index (χ3v) is 2.99. The summed E-state index contributed by atoms with van der Waals surface area (Å²) in [5.74, 6) is 2.98. The first kappa shape index (κ1) is 15.2. The van der Waals surface area contributed by atoms with E-state index < -0.39 is 0 Å². The average molecular weight is 289 g/mol. The Hall–Kier alpha value is -2.18. The highest BCUT2D eigenvalue weighted by Gasteiger charge is 2.11. The molecule has 0 unspecified atom stereocenters. The van der Waals surface area contributed by atoms with Crippen molar-refractivity contribution in [3.63, 3.8) is 0 Å². The summed E-state index contributed by atoms with van der Waals surface area (Å²) < 4.78 is 2.14. The normalized spacial score (nSPS) is 10.7. The molecule has 2 rings (SSSR count). The van der Waals surface area contributed by atoms with Gasteiger partial charge in [-0.2, -0.15) is 15.0 Å². The van der Waals surface area contributed by atoms with E-state index in [-0.39, 0.29) is 0 Å². The summed E-state index contributed by atoms with van der Waals surface area (Å²) >= 11 is 0. The lowest BCUT2D eigenvalue weighted by Crippen LogP contribution is -2.17. The third-order valence-electron chi connectivity index (χ3n) is 2.99. The minimum atomic E-state index is 0.606. The number of nitrogens with one attached hydrogen (secondary N) is 1. The van der Waals surface area contributed by atoms with Crippen molar-refractivity contribution in [2.45, 2.75) is 33.2 Å². The molecule has 0 saturated heterocycles. The number of hydrogen-bond acceptors (Lipinski definition) is 6. The predicted octanol–water partition coefficient (Wildman–Crippen LogP) is 1.57. The number of hydrogen-bond donors (Lipinski definition) is 1. The second kappa shape index (κ2) is 7.01. The van der Waals surface area contributed by atoms with E-state index in [2.05, 4.69) is 36.7 Å². The molecule has 2 aromatic heterocycles. The van der Waals surface area contributed by atoms with Crippen LogP contribution in [0, 0.1) is 0 Å². The van der Waals surface area contributed by atoms with Crippen molar-refractivity contribution in [1.29, 1.82) is 0 Å². The minimum absolute atomic E-state index is 0.606. The summed E-state index contributed by atoms with van der Waals surface area (Å²) in [6, 6.07) is 0. The number of aromatic nitrogens is 5. The van der Waals surface area contributed by atoms with Gasteiger partial charge in [0.2, 0.25) is 11.9 Å². The SMILES string of the molecule is CCCn1ccnc1Cc1nc(NCC)nc(N(C)C)n1. The molecule has 1 N–H and O–H groups in total. The van der Waals surface area contributed by atoms with Crippen LogP contribution >= 0.6 is 0 Å². The van der Waals surface area contributed by atoms with Gasteiger partial charge in [0.15, 0.2) is 0 Å². The summed E-state index contributed by atoms with van der Waals surface area (Å²) in [6.07, 6.45) is 5.50. The molecule has 0 spiro atoms. The molecule has 0 radical (unpaired) electrons. The zero-order valence-electron chi connectivity index (χ0n) is 13.2. The Bertz CT molecular complexity index is 576. The fourth-order valence-electron chi connectivity index (χ4n) is 2.02. The quantitative estimate of drug-likeness (QED) is 0.834. The molecule has 7 heteroatoms. The molecule has 114 valence electrons. The highest BCUT2D eigenvalue weighted by molar-refractivity contribution is 5.36. The van der Waals surface area contributed by atoms with Crippen LogP contribution < -0.4 is 10.2 Å². The van der Waals surface area contributed by atoms with Crippen LogP contribution in [0.1, 0.15) is 31.9 Å². The predicted molar refractivity (Wildman–Crippen MR) is 83.6 cm³/mol. The van der Waals surface area contributed by atoms with Crippen LogP contribution in [0.5, 0.6) is 0 Å². The van der Waals surface area contributed by atoms with E-state index in [4.69, 9.17) is 0 Å². The van der Waals surface area contributed by atoms with Gasteiger partial charge in [0.25, 0.3) is 0 Å². The van der Waals surface area contributed by atoms with Crippen molar-refractivity contribution in [2.75, 3.05) is 30.9 Å². The zero-order valence-corrected chi connectivity index (χ0v) is 13.2. The molecule has 0 aliphatic rings. The molecular weight excluding hydrogens is 266 g/mol. The molecule has 0 aromatic carbocycles. The molecular formula is C14H23N7. The van der Waals surface area contributed by atoms with Crippen molar-refractivity contribution in [3.05, 3.63) is 24.0 Å². The standard InChI is InChI=1S/C14H23N7/c1-5-8-21-9-7-16-12(21)10-11-17-13(15-6-2)19-14(18-11)20(3)4/h7,9H,5-6,8,10H2,1-4H3,(H,15,17,18,19). The lowest BCUT2D eigenvalue weighted by Gasteiger charge is -2.13. The lowest BCUT2D eigenvalue weighted by atomic mass is 10.3. The van der Waals surface area contributed by atoms with Crippen LogP contribution in [0.2, 0.25) is 0 Å². The van der Waals surface area contributed by atoms with Crippen molar-refractivity contribution < 1.29 is 0 Å². The Balaban J connectivity index is 2.27. The highest BCUT2D eigenvalue weighted by Crippen LogP contribution is 2.11. The van der Waals surface area contributed by atoms with Crippen molar-refractivity contribution in [3.8, 4) is 0 Å². The van der Waals surface area contributed by atoms with E-state index in [9.17, 15) is 0 Å². The van der Waals surface area contributed by atoms with Crippen LogP contribution in [0.25, 0.3) is 0 Å². The van der Waals surface area contributed by atoms with Crippen LogP contribution in [0.15, 0.2) is 12.4 Å². The lowest BCUT2D eigenvalue weighted by molar-refractivity contribution is 0.641. The van der Waals surface area contributed by atoms with Gasteiger partial charge < -0.3 is 14.8 Å². The van der Waals surface area contributed by atoms with Gasteiger partial charge in [-0.15, -0.1) is 0 Å². The molecule has 0 aliphatic carbocycles. The third kappa shape index (κ3) is 3.90. The van der Waals surface area contributed by atoms with E-state index in [0.717, 1.165) is 31.2 Å². The molecule has 0 bridgehead atoms. The van der Waals surface area contributed by atoms with Gasteiger partial charge in [0, 0.05) is 39.6 Å². The van der Waals surface area contributed by atoms with Crippen LogP contribution in [-0.4, -0.2) is 45.1 Å². The maximum Gasteiger partial charge on any atom is 0.229 e. The fourth-order valence-corrected chi connectivity index (χ4v) is 2.02.